The van der Waals surface area contributed by atoms with E-state index < -0.39 is 0 Å². The topological polar surface area (TPSA) is 48.5 Å². The Bertz CT molecular complexity index is 3850. The molecule has 9 aromatic carbocycles. The standard InChI is InChI=1S/C57H35N5S/c1-4-15-36(16-5-1)39-27-29-45-43-23-10-12-25-49(43)61(51(45)34-39)42-28-30-46-48-32-31-47-44-24-11-13-26-50(44)62(53(47)54(48)63-52(46)35-42)41-22-14-21-40(33-41)57-59-55(37-17-6-2-7-18-37)58-56(60-57)38-19-8-3-9-20-38/h1-35H. The smallest absolute Gasteiger partial charge is 0.164 e. The van der Waals surface area contributed by atoms with E-state index in [9.17, 15) is 0 Å². The summed E-state index contributed by atoms with van der Waals surface area (Å²) in [4.78, 5) is 15.1. The second-order valence-corrected chi connectivity index (χ2v) is 17.1. The van der Waals surface area contributed by atoms with Crippen molar-refractivity contribution in [1.82, 2.24) is 24.1 Å². The summed E-state index contributed by atoms with van der Waals surface area (Å²) in [6.45, 7) is 0. The van der Waals surface area contributed by atoms with Gasteiger partial charge in [-0.05, 0) is 53.6 Å². The molecule has 4 heterocycles. The van der Waals surface area contributed by atoms with Gasteiger partial charge >= 0.3 is 0 Å². The van der Waals surface area contributed by atoms with Gasteiger partial charge in [0.2, 0.25) is 0 Å². The average Bonchev–Trinajstić information content (AvgIpc) is 4.02. The van der Waals surface area contributed by atoms with Gasteiger partial charge in [-0.15, -0.1) is 11.3 Å². The predicted octanol–water partition coefficient (Wildman–Crippen LogP) is 15.1. The van der Waals surface area contributed by atoms with Gasteiger partial charge in [-0.25, -0.2) is 15.0 Å². The molecule has 5 nitrogen and oxygen atoms in total. The number of rotatable bonds is 6. The van der Waals surface area contributed by atoms with Crippen molar-refractivity contribution in [3.05, 3.63) is 212 Å². The zero-order chi connectivity index (χ0) is 41.4. The van der Waals surface area contributed by atoms with E-state index in [0.717, 1.165) is 33.6 Å². The SMILES string of the molecule is c1ccc(-c2ccc3c4ccccc4n(-c4ccc5c(c4)sc4c5ccc5c6ccccc6n(-c6cccc(-c7nc(-c8ccccc8)nc(-c8ccccc8)n7)c6)c54)c3c2)cc1. The summed E-state index contributed by atoms with van der Waals surface area (Å²) < 4.78 is 7.38. The number of benzene rings is 9. The summed E-state index contributed by atoms with van der Waals surface area (Å²) in [5.41, 5.74) is 12.2. The summed E-state index contributed by atoms with van der Waals surface area (Å²) in [6, 6.07) is 75.6. The van der Waals surface area contributed by atoms with Crippen LogP contribution in [0.15, 0.2) is 212 Å². The second kappa shape index (κ2) is 14.2. The van der Waals surface area contributed by atoms with Crippen LogP contribution in [0, 0.1) is 0 Å². The molecule has 0 amide bonds. The number of hydrogen-bond donors (Lipinski definition) is 0. The van der Waals surface area contributed by atoms with Crippen molar-refractivity contribution in [1.29, 1.82) is 0 Å². The monoisotopic (exact) mass is 821 g/mol. The lowest BCUT2D eigenvalue weighted by atomic mass is 10.0. The molecule has 0 aliphatic heterocycles. The molecule has 0 N–H and O–H groups in total. The third-order valence-corrected chi connectivity index (χ3v) is 13.5. The van der Waals surface area contributed by atoms with Crippen LogP contribution in [0.3, 0.4) is 0 Å². The summed E-state index contributed by atoms with van der Waals surface area (Å²) in [6.07, 6.45) is 0. The predicted molar refractivity (Wildman–Crippen MR) is 263 cm³/mol. The molecule has 0 saturated heterocycles. The highest BCUT2D eigenvalue weighted by Crippen LogP contribution is 2.44. The Morgan fingerprint density at radius 3 is 1.51 bits per heavy atom. The van der Waals surface area contributed by atoms with Crippen molar-refractivity contribution < 1.29 is 0 Å². The fraction of sp³-hybridized carbons (Fsp3) is 0. The fourth-order valence-electron chi connectivity index (χ4n) is 9.46. The van der Waals surface area contributed by atoms with Crippen molar-refractivity contribution in [3.63, 3.8) is 0 Å². The Balaban J connectivity index is 1.01. The van der Waals surface area contributed by atoms with E-state index in [0.29, 0.717) is 17.5 Å². The van der Waals surface area contributed by atoms with Crippen molar-refractivity contribution in [2.24, 2.45) is 0 Å². The van der Waals surface area contributed by atoms with E-state index in [1.807, 2.05) is 72.0 Å². The third-order valence-electron chi connectivity index (χ3n) is 12.4. The lowest BCUT2D eigenvalue weighted by Crippen LogP contribution is -2.01. The van der Waals surface area contributed by atoms with Gasteiger partial charge in [0.25, 0.3) is 0 Å². The maximum atomic E-state index is 5.08. The minimum atomic E-state index is 0.630. The highest BCUT2D eigenvalue weighted by Gasteiger charge is 2.20. The Labute approximate surface area is 366 Å². The van der Waals surface area contributed by atoms with Crippen molar-refractivity contribution in [2.75, 3.05) is 0 Å². The van der Waals surface area contributed by atoms with Gasteiger partial charge in [-0.2, -0.15) is 0 Å². The molecule has 6 heteroatoms. The van der Waals surface area contributed by atoms with Crippen LogP contribution >= 0.6 is 11.3 Å². The Kier molecular flexibility index (Phi) is 8.01. The maximum Gasteiger partial charge on any atom is 0.164 e. The summed E-state index contributed by atoms with van der Waals surface area (Å²) >= 11 is 1.87. The molecule has 13 aromatic rings. The molecule has 0 aliphatic carbocycles. The highest BCUT2D eigenvalue weighted by atomic mass is 32.1. The van der Waals surface area contributed by atoms with Crippen molar-refractivity contribution in [2.45, 2.75) is 0 Å². The molecule has 0 spiro atoms. The van der Waals surface area contributed by atoms with Gasteiger partial charge in [0.1, 0.15) is 0 Å². The second-order valence-electron chi connectivity index (χ2n) is 16.0. The minimum absolute atomic E-state index is 0.630. The summed E-state index contributed by atoms with van der Waals surface area (Å²) in [5.74, 6) is 1.92. The molecule has 0 unspecified atom stereocenters. The Morgan fingerprint density at radius 2 is 0.810 bits per heavy atom. The van der Waals surface area contributed by atoms with E-state index >= 15 is 0 Å². The number of hydrogen-bond acceptors (Lipinski definition) is 4. The van der Waals surface area contributed by atoms with E-state index in [2.05, 4.69) is 161 Å². The molecule has 0 fully saturated rings. The van der Waals surface area contributed by atoms with E-state index in [1.165, 1.54) is 69.4 Å². The molecular formula is C57H35N5S. The molecular weight excluding hydrogens is 787 g/mol. The molecule has 13 rings (SSSR count). The van der Waals surface area contributed by atoms with Gasteiger partial charge in [0.15, 0.2) is 17.5 Å². The van der Waals surface area contributed by atoms with E-state index in [4.69, 9.17) is 15.0 Å². The first-order valence-corrected chi connectivity index (χ1v) is 22.0. The van der Waals surface area contributed by atoms with Crippen LogP contribution in [-0.2, 0) is 0 Å². The van der Waals surface area contributed by atoms with Crippen LogP contribution in [0.2, 0.25) is 0 Å². The van der Waals surface area contributed by atoms with E-state index in [-0.39, 0.29) is 0 Å². The largest absolute Gasteiger partial charge is 0.309 e. The van der Waals surface area contributed by atoms with Crippen LogP contribution < -0.4 is 0 Å². The lowest BCUT2D eigenvalue weighted by molar-refractivity contribution is 1.07. The van der Waals surface area contributed by atoms with Crippen molar-refractivity contribution in [3.8, 4) is 56.7 Å². The molecule has 294 valence electrons. The lowest BCUT2D eigenvalue weighted by Gasteiger charge is -2.12. The first-order valence-electron chi connectivity index (χ1n) is 21.2. The fourth-order valence-corrected chi connectivity index (χ4v) is 10.7. The first kappa shape index (κ1) is 35.6. The average molecular weight is 822 g/mol. The van der Waals surface area contributed by atoms with Gasteiger partial charge < -0.3 is 9.13 Å². The number of para-hydroxylation sites is 2. The normalized spacial score (nSPS) is 11.8. The van der Waals surface area contributed by atoms with Gasteiger partial charge in [0, 0.05) is 65.1 Å². The van der Waals surface area contributed by atoms with E-state index in [1.54, 1.807) is 0 Å². The molecule has 0 radical (unpaired) electrons. The van der Waals surface area contributed by atoms with Crippen LogP contribution in [0.1, 0.15) is 0 Å². The zero-order valence-corrected chi connectivity index (χ0v) is 34.7. The van der Waals surface area contributed by atoms with Crippen LogP contribution in [-0.4, -0.2) is 24.1 Å². The van der Waals surface area contributed by atoms with Crippen molar-refractivity contribution >= 4 is 75.1 Å². The number of aromatic nitrogens is 5. The summed E-state index contributed by atoms with van der Waals surface area (Å²) in [7, 11) is 0. The number of thiophene rings is 1. The number of nitrogens with zero attached hydrogens (tertiary/aromatic N) is 5. The zero-order valence-electron chi connectivity index (χ0n) is 33.9. The van der Waals surface area contributed by atoms with Gasteiger partial charge in [-0.1, -0.05) is 170 Å². The van der Waals surface area contributed by atoms with Crippen LogP contribution in [0.25, 0.3) is 120 Å². The summed E-state index contributed by atoms with van der Waals surface area (Å²) in [5, 5.41) is 7.45. The molecule has 0 atom stereocenters. The third kappa shape index (κ3) is 5.73. The molecule has 0 saturated carbocycles. The highest BCUT2D eigenvalue weighted by molar-refractivity contribution is 7.26. The molecule has 4 aromatic heterocycles. The van der Waals surface area contributed by atoms with Crippen LogP contribution in [0.4, 0.5) is 0 Å². The van der Waals surface area contributed by atoms with Gasteiger partial charge in [-0.3, -0.25) is 0 Å². The maximum absolute atomic E-state index is 5.08. The quantitative estimate of drug-likeness (QED) is 0.168. The Morgan fingerprint density at radius 1 is 0.302 bits per heavy atom. The first-order chi connectivity index (χ1) is 31.2. The molecule has 0 bridgehead atoms. The minimum Gasteiger partial charge on any atom is -0.309 e. The molecule has 63 heavy (non-hydrogen) atoms. The Hall–Kier alpha value is -8.19. The van der Waals surface area contributed by atoms with Gasteiger partial charge in [0.05, 0.1) is 26.8 Å². The van der Waals surface area contributed by atoms with Crippen LogP contribution in [0.5, 0.6) is 0 Å². The molecule has 0 aliphatic rings. The number of fused-ring (bicyclic) bond motifs is 10.